The molecule has 0 spiro atoms. The van der Waals surface area contributed by atoms with Gasteiger partial charge in [-0.15, -0.1) is 22.7 Å². The van der Waals surface area contributed by atoms with Gasteiger partial charge < -0.3 is 4.90 Å². The van der Waals surface area contributed by atoms with E-state index in [1.807, 2.05) is 24.1 Å². The summed E-state index contributed by atoms with van der Waals surface area (Å²) in [6.45, 7) is 5.62. The monoisotopic (exact) mass is 553 g/mol. The van der Waals surface area contributed by atoms with Crippen LogP contribution in [0.5, 0.6) is 0 Å². The maximum Gasteiger partial charge on any atom is 0.254 e. The first-order valence-corrected chi connectivity index (χ1v) is 13.4. The third-order valence-corrected chi connectivity index (χ3v) is 7.73. The fraction of sp³-hybridized carbons (Fsp3) is 0.269. The Labute approximate surface area is 227 Å². The first-order valence-electron chi connectivity index (χ1n) is 11.3. The Balaban J connectivity index is 1.80. The van der Waals surface area contributed by atoms with Gasteiger partial charge in [-0.1, -0.05) is 38.4 Å². The second-order valence-corrected chi connectivity index (χ2v) is 12.2. The Kier molecular flexibility index (Phi) is 7.50. The number of halogens is 1. The summed E-state index contributed by atoms with van der Waals surface area (Å²) in [5, 5.41) is 16.4. The number of Topliss-reactive ketones (excluding diaryl/α,β-unsaturated/α-hetero) is 1. The van der Waals surface area contributed by atoms with E-state index >= 15 is 0 Å². The van der Waals surface area contributed by atoms with E-state index in [9.17, 15) is 19.6 Å². The van der Waals surface area contributed by atoms with Gasteiger partial charge in [0.15, 0.2) is 5.78 Å². The van der Waals surface area contributed by atoms with Gasteiger partial charge >= 0.3 is 0 Å². The molecule has 4 aromatic heterocycles. The zero-order valence-electron chi connectivity index (χ0n) is 20.7. The molecule has 0 aliphatic rings. The number of pyridine rings is 1. The lowest BCUT2D eigenvalue weighted by atomic mass is 9.96. The molecule has 0 amide bonds. The molecule has 190 valence electrons. The summed E-state index contributed by atoms with van der Waals surface area (Å²) in [6.07, 6.45) is 0. The zero-order chi connectivity index (χ0) is 26.9. The maximum absolute atomic E-state index is 13.3. The predicted molar refractivity (Wildman–Crippen MR) is 147 cm³/mol. The molecule has 0 saturated carbocycles. The SMILES string of the molecule is CN(Cc1ccc(Cl)s1)c1cc(-c2ccc(=O)n(CC(=O)c3cccs3)c2C#N)nn1C(=O)C(C)(C)C. The van der Waals surface area contributed by atoms with Crippen molar-refractivity contribution in [2.75, 3.05) is 11.9 Å². The van der Waals surface area contributed by atoms with Crippen LogP contribution in [0, 0.1) is 16.7 Å². The van der Waals surface area contributed by atoms with Crippen LogP contribution in [0.1, 0.15) is 45.8 Å². The second-order valence-electron chi connectivity index (χ2n) is 9.45. The van der Waals surface area contributed by atoms with Crippen LogP contribution in [0.4, 0.5) is 5.82 Å². The molecular weight excluding hydrogens is 530 g/mol. The molecule has 37 heavy (non-hydrogen) atoms. The van der Waals surface area contributed by atoms with Crippen LogP contribution < -0.4 is 10.5 Å². The van der Waals surface area contributed by atoms with E-state index in [1.54, 1.807) is 44.4 Å². The number of hydrogen-bond acceptors (Lipinski definition) is 8. The van der Waals surface area contributed by atoms with Crippen molar-refractivity contribution >= 4 is 51.8 Å². The Morgan fingerprint density at radius 2 is 1.95 bits per heavy atom. The van der Waals surface area contributed by atoms with Gasteiger partial charge in [0.2, 0.25) is 0 Å². The zero-order valence-corrected chi connectivity index (χ0v) is 23.1. The van der Waals surface area contributed by atoms with Crippen molar-refractivity contribution in [3.63, 3.8) is 0 Å². The van der Waals surface area contributed by atoms with Crippen molar-refractivity contribution in [2.24, 2.45) is 5.41 Å². The number of nitriles is 1. The van der Waals surface area contributed by atoms with Gasteiger partial charge in [-0.25, -0.2) is 0 Å². The van der Waals surface area contributed by atoms with Gasteiger partial charge in [-0.05, 0) is 29.6 Å². The van der Waals surface area contributed by atoms with E-state index in [1.165, 1.54) is 39.5 Å². The lowest BCUT2D eigenvalue weighted by Crippen LogP contribution is -2.31. The molecule has 0 atom stereocenters. The maximum atomic E-state index is 13.3. The van der Waals surface area contributed by atoms with Crippen molar-refractivity contribution in [3.05, 3.63) is 78.0 Å². The van der Waals surface area contributed by atoms with E-state index in [4.69, 9.17) is 11.6 Å². The van der Waals surface area contributed by atoms with Crippen LogP contribution in [0.15, 0.2) is 52.6 Å². The second kappa shape index (κ2) is 10.5. The number of anilines is 1. The minimum absolute atomic E-state index is 0.00417. The average molecular weight is 554 g/mol. The molecule has 4 rings (SSSR count). The fourth-order valence-corrected chi connectivity index (χ4v) is 5.51. The summed E-state index contributed by atoms with van der Waals surface area (Å²) < 4.78 is 3.15. The summed E-state index contributed by atoms with van der Waals surface area (Å²) in [4.78, 5) is 42.1. The first-order chi connectivity index (χ1) is 17.5. The Hall–Kier alpha value is -3.52. The number of ketones is 1. The van der Waals surface area contributed by atoms with E-state index < -0.39 is 11.0 Å². The van der Waals surface area contributed by atoms with Crippen molar-refractivity contribution in [2.45, 2.75) is 33.9 Å². The highest BCUT2D eigenvalue weighted by atomic mass is 35.5. The van der Waals surface area contributed by atoms with Crippen molar-refractivity contribution < 1.29 is 9.59 Å². The molecule has 0 aliphatic heterocycles. The lowest BCUT2D eigenvalue weighted by molar-refractivity contribution is 0.0751. The Morgan fingerprint density at radius 3 is 2.54 bits per heavy atom. The highest BCUT2D eigenvalue weighted by molar-refractivity contribution is 7.16. The quantitative estimate of drug-likeness (QED) is 0.277. The molecular formula is C26H24ClN5O3S2. The van der Waals surface area contributed by atoms with Crippen molar-refractivity contribution in [3.8, 4) is 17.3 Å². The molecule has 0 aliphatic carbocycles. The summed E-state index contributed by atoms with van der Waals surface area (Å²) in [6, 6.07) is 13.8. The van der Waals surface area contributed by atoms with Crippen molar-refractivity contribution in [1.82, 2.24) is 14.3 Å². The van der Waals surface area contributed by atoms with Gasteiger partial charge in [0.25, 0.3) is 11.5 Å². The third-order valence-electron chi connectivity index (χ3n) is 5.60. The van der Waals surface area contributed by atoms with Crippen LogP contribution in [-0.2, 0) is 13.1 Å². The molecule has 0 saturated heterocycles. The summed E-state index contributed by atoms with van der Waals surface area (Å²) in [5.74, 6) is 0.0227. The topological polar surface area (TPSA) is 101 Å². The smallest absolute Gasteiger partial charge is 0.254 e. The number of aromatic nitrogens is 3. The molecule has 8 nitrogen and oxygen atoms in total. The highest BCUT2D eigenvalue weighted by Gasteiger charge is 2.29. The van der Waals surface area contributed by atoms with Crippen LogP contribution in [0.2, 0.25) is 4.34 Å². The van der Waals surface area contributed by atoms with Gasteiger partial charge in [-0.2, -0.15) is 15.0 Å². The molecule has 11 heteroatoms. The van der Waals surface area contributed by atoms with Crippen molar-refractivity contribution in [1.29, 1.82) is 5.26 Å². The van der Waals surface area contributed by atoms with E-state index in [0.717, 1.165) is 9.44 Å². The van der Waals surface area contributed by atoms with Gasteiger partial charge in [0.05, 0.1) is 28.0 Å². The Bertz CT molecular complexity index is 1570. The normalized spacial score (nSPS) is 11.4. The number of rotatable bonds is 7. The summed E-state index contributed by atoms with van der Waals surface area (Å²) >= 11 is 8.81. The molecule has 0 fully saturated rings. The summed E-state index contributed by atoms with van der Waals surface area (Å²) in [7, 11) is 1.84. The van der Waals surface area contributed by atoms with Crippen LogP contribution >= 0.6 is 34.3 Å². The van der Waals surface area contributed by atoms with Gasteiger partial charge in [0.1, 0.15) is 17.6 Å². The molecule has 4 aromatic rings. The van der Waals surface area contributed by atoms with Gasteiger partial charge in [-0.3, -0.25) is 19.0 Å². The number of hydrogen-bond donors (Lipinski definition) is 0. The molecule has 0 N–H and O–H groups in total. The minimum atomic E-state index is -0.727. The predicted octanol–water partition coefficient (Wildman–Crippen LogP) is 5.57. The molecule has 0 aromatic carbocycles. The van der Waals surface area contributed by atoms with E-state index in [-0.39, 0.29) is 23.9 Å². The molecule has 0 radical (unpaired) electrons. The number of carbonyl (C=O) groups is 2. The summed E-state index contributed by atoms with van der Waals surface area (Å²) in [5.41, 5.74) is -0.491. The van der Waals surface area contributed by atoms with E-state index in [0.29, 0.717) is 32.8 Å². The Morgan fingerprint density at radius 1 is 1.19 bits per heavy atom. The number of carbonyl (C=O) groups excluding carboxylic acids is 2. The fourth-order valence-electron chi connectivity index (χ4n) is 3.72. The number of thiophene rings is 2. The average Bonchev–Trinajstić information content (AvgIpc) is 3.60. The highest BCUT2D eigenvalue weighted by Crippen LogP contribution is 2.31. The van der Waals surface area contributed by atoms with Crippen LogP contribution in [0.25, 0.3) is 11.3 Å². The standard InChI is InChI=1S/C26H24ClN5O3S2/c1-26(2,3)25(35)32-23(30(4)14-16-7-9-22(27)37-16)12-18(29-32)17-8-10-24(34)31(19(17)13-28)15-20(33)21-6-5-11-36-21/h5-12H,14-15H2,1-4H3. The van der Waals surface area contributed by atoms with Crippen LogP contribution in [0.3, 0.4) is 0 Å². The minimum Gasteiger partial charge on any atom is -0.354 e. The number of nitrogens with zero attached hydrogens (tertiary/aromatic N) is 5. The van der Waals surface area contributed by atoms with Crippen LogP contribution in [-0.4, -0.2) is 33.1 Å². The molecule has 0 bridgehead atoms. The van der Waals surface area contributed by atoms with Gasteiger partial charge in [0, 0.05) is 35.0 Å². The molecule has 0 unspecified atom stereocenters. The lowest BCUT2D eigenvalue weighted by Gasteiger charge is -2.22. The van der Waals surface area contributed by atoms with E-state index in [2.05, 4.69) is 11.2 Å². The largest absolute Gasteiger partial charge is 0.354 e. The molecule has 4 heterocycles. The first kappa shape index (κ1) is 26.5. The third kappa shape index (κ3) is 5.59.